The van der Waals surface area contributed by atoms with Crippen LogP contribution in [-0.4, -0.2) is 33.3 Å². The number of carbonyl (C=O) groups is 1. The lowest BCUT2D eigenvalue weighted by atomic mass is 10.2. The van der Waals surface area contributed by atoms with Crippen LogP contribution in [0.4, 0.5) is 5.82 Å². The summed E-state index contributed by atoms with van der Waals surface area (Å²) in [6, 6.07) is 6.19. The van der Waals surface area contributed by atoms with E-state index in [1.165, 1.54) is 13.1 Å². The zero-order valence-electron chi connectivity index (χ0n) is 12.0. The van der Waals surface area contributed by atoms with Gasteiger partial charge in [0, 0.05) is 10.6 Å². The van der Waals surface area contributed by atoms with E-state index in [0.29, 0.717) is 10.6 Å². The zero-order chi connectivity index (χ0) is 16.8. The van der Waals surface area contributed by atoms with Gasteiger partial charge >= 0.3 is 5.69 Å². The lowest BCUT2D eigenvalue weighted by Crippen LogP contribution is -2.38. The summed E-state index contributed by atoms with van der Waals surface area (Å²) >= 11 is 5.95. The van der Waals surface area contributed by atoms with E-state index >= 15 is 0 Å². The summed E-state index contributed by atoms with van der Waals surface area (Å²) in [5.41, 5.74) is 1.49. The number of aromatic nitrogens is 3. The lowest BCUT2D eigenvalue weighted by molar-refractivity contribution is -0.121. The Morgan fingerprint density at radius 3 is 2.83 bits per heavy atom. The molecule has 0 spiro atoms. The summed E-state index contributed by atoms with van der Waals surface area (Å²) in [5.74, 6) is -0.678. The molecule has 0 unspecified atom stereocenters. The van der Waals surface area contributed by atoms with Gasteiger partial charge in [-0.3, -0.25) is 14.6 Å². The molecule has 4 N–H and O–H groups in total. The van der Waals surface area contributed by atoms with Gasteiger partial charge in [-0.1, -0.05) is 29.8 Å². The third-order valence-electron chi connectivity index (χ3n) is 2.74. The first-order valence-electron chi connectivity index (χ1n) is 6.50. The molecule has 0 bridgehead atoms. The van der Waals surface area contributed by atoms with Crippen LogP contribution in [-0.2, 0) is 4.79 Å². The summed E-state index contributed by atoms with van der Waals surface area (Å²) in [4.78, 5) is 36.2. The van der Waals surface area contributed by atoms with Crippen LogP contribution in [0.2, 0.25) is 5.02 Å². The number of hydrogen-bond acceptors (Lipinski definition) is 6. The Morgan fingerprint density at radius 1 is 1.39 bits per heavy atom. The number of anilines is 1. The molecule has 23 heavy (non-hydrogen) atoms. The average Bonchev–Trinajstić information content (AvgIpc) is 2.51. The van der Waals surface area contributed by atoms with Crippen LogP contribution in [0.25, 0.3) is 0 Å². The number of aromatic amines is 2. The number of nitrogens with zero attached hydrogens (tertiary/aromatic N) is 2. The summed E-state index contributed by atoms with van der Waals surface area (Å²) in [6.45, 7) is 1.51. The number of carbonyl (C=O) groups excluding carboxylic acids is 1. The van der Waals surface area contributed by atoms with Crippen LogP contribution in [0, 0.1) is 0 Å². The molecule has 120 valence electrons. The predicted octanol–water partition coefficient (Wildman–Crippen LogP) is 0.0623. The Kier molecular flexibility index (Phi) is 5.26. The van der Waals surface area contributed by atoms with Crippen molar-refractivity contribution in [1.82, 2.24) is 20.6 Å². The van der Waals surface area contributed by atoms with Gasteiger partial charge in [-0.05, 0) is 13.0 Å². The fraction of sp³-hybridized carbons (Fsp3) is 0.154. The highest BCUT2D eigenvalue weighted by Crippen LogP contribution is 2.11. The third-order valence-corrected chi connectivity index (χ3v) is 3.09. The minimum Gasteiger partial charge on any atom is -0.353 e. The molecule has 1 aromatic carbocycles. The van der Waals surface area contributed by atoms with E-state index in [4.69, 9.17) is 11.6 Å². The molecule has 1 heterocycles. The fourth-order valence-electron chi connectivity index (χ4n) is 1.56. The largest absolute Gasteiger partial charge is 0.353 e. The summed E-state index contributed by atoms with van der Waals surface area (Å²) in [5, 5.41) is 12.4. The summed E-state index contributed by atoms with van der Waals surface area (Å²) in [6.07, 6.45) is 1.40. The maximum atomic E-state index is 11.9. The molecule has 2 aromatic rings. The van der Waals surface area contributed by atoms with Gasteiger partial charge in [-0.25, -0.2) is 15.3 Å². The molecule has 9 nitrogen and oxygen atoms in total. The number of H-pyrrole nitrogens is 2. The predicted molar refractivity (Wildman–Crippen MR) is 85.8 cm³/mol. The van der Waals surface area contributed by atoms with Gasteiger partial charge in [0.1, 0.15) is 6.04 Å². The molecule has 0 radical (unpaired) electrons. The molecule has 0 fully saturated rings. The van der Waals surface area contributed by atoms with Crippen LogP contribution in [0.3, 0.4) is 0 Å². The molecule has 10 heteroatoms. The molecule has 0 saturated heterocycles. The molecule has 0 aliphatic heterocycles. The Hall–Kier alpha value is -2.94. The van der Waals surface area contributed by atoms with Crippen LogP contribution in [0.15, 0.2) is 39.0 Å². The fourth-order valence-corrected chi connectivity index (χ4v) is 1.74. The molecule has 0 saturated carbocycles. The zero-order valence-corrected chi connectivity index (χ0v) is 12.7. The van der Waals surface area contributed by atoms with Gasteiger partial charge in [0.25, 0.3) is 11.5 Å². The van der Waals surface area contributed by atoms with Crippen molar-refractivity contribution in [2.45, 2.75) is 13.0 Å². The van der Waals surface area contributed by atoms with Crippen molar-refractivity contribution in [2.24, 2.45) is 5.10 Å². The van der Waals surface area contributed by atoms with E-state index in [2.05, 4.69) is 26.0 Å². The number of hydrazone groups is 1. The Labute approximate surface area is 134 Å². The monoisotopic (exact) mass is 336 g/mol. The van der Waals surface area contributed by atoms with Crippen molar-refractivity contribution in [3.05, 3.63) is 55.7 Å². The number of halogens is 1. The van der Waals surface area contributed by atoms with Crippen LogP contribution < -0.4 is 22.0 Å². The number of amides is 1. The number of nitrogens with one attached hydrogen (secondary N) is 4. The first kappa shape index (κ1) is 16.4. The molecule has 2 rings (SSSR count). The van der Waals surface area contributed by atoms with Crippen LogP contribution in [0.5, 0.6) is 0 Å². The van der Waals surface area contributed by atoms with E-state index in [-0.39, 0.29) is 5.82 Å². The van der Waals surface area contributed by atoms with E-state index in [1.54, 1.807) is 24.3 Å². The molecular formula is C13H13ClN6O3. The highest BCUT2D eigenvalue weighted by molar-refractivity contribution is 6.33. The van der Waals surface area contributed by atoms with E-state index in [1.807, 2.05) is 4.98 Å². The molecule has 0 aliphatic rings. The van der Waals surface area contributed by atoms with Gasteiger partial charge in [0.15, 0.2) is 0 Å². The second-order valence-electron chi connectivity index (χ2n) is 4.48. The average molecular weight is 337 g/mol. The maximum absolute atomic E-state index is 11.9. The number of rotatable bonds is 5. The number of benzene rings is 1. The second-order valence-corrected chi connectivity index (χ2v) is 4.88. The van der Waals surface area contributed by atoms with Crippen molar-refractivity contribution in [3.8, 4) is 0 Å². The second kappa shape index (κ2) is 7.36. The number of hydrogen-bond donors (Lipinski definition) is 4. The summed E-state index contributed by atoms with van der Waals surface area (Å²) in [7, 11) is 0. The van der Waals surface area contributed by atoms with Crippen molar-refractivity contribution in [1.29, 1.82) is 0 Å². The molecular weight excluding hydrogens is 324 g/mol. The quantitative estimate of drug-likeness (QED) is 0.453. The van der Waals surface area contributed by atoms with E-state index < -0.39 is 23.2 Å². The SMILES string of the molecule is C[C@@H](Nc1n[nH]c(=O)[nH]c1=O)C(=O)N/N=C\c1ccccc1Cl. The molecule has 1 atom stereocenters. The highest BCUT2D eigenvalue weighted by atomic mass is 35.5. The smallest absolute Gasteiger partial charge is 0.342 e. The molecule has 1 aromatic heterocycles. The van der Waals surface area contributed by atoms with Gasteiger partial charge < -0.3 is 5.32 Å². The topological polar surface area (TPSA) is 132 Å². The van der Waals surface area contributed by atoms with Gasteiger partial charge in [0.2, 0.25) is 5.82 Å². The molecule has 1 amide bonds. The lowest BCUT2D eigenvalue weighted by Gasteiger charge is -2.11. The Morgan fingerprint density at radius 2 is 2.13 bits per heavy atom. The summed E-state index contributed by atoms with van der Waals surface area (Å²) < 4.78 is 0. The minimum absolute atomic E-state index is 0.178. The first-order chi connectivity index (χ1) is 11.0. The van der Waals surface area contributed by atoms with E-state index in [9.17, 15) is 14.4 Å². The van der Waals surface area contributed by atoms with Gasteiger partial charge in [0.05, 0.1) is 6.21 Å². The van der Waals surface area contributed by atoms with Crippen LogP contribution in [0.1, 0.15) is 12.5 Å². The van der Waals surface area contributed by atoms with Crippen molar-refractivity contribution < 1.29 is 4.79 Å². The normalized spacial score (nSPS) is 12.1. The standard InChI is InChI=1S/C13H13ClN6O3/c1-7(16-10-12(22)17-13(23)20-18-10)11(21)19-15-6-8-4-2-3-5-9(8)14/h2-7H,1H3,(H,16,18)(H,19,21)(H2,17,20,22,23)/b15-6-/t7-/m1/s1. The Bertz CT molecular complexity index is 844. The molecule has 0 aliphatic carbocycles. The van der Waals surface area contributed by atoms with Crippen molar-refractivity contribution >= 4 is 29.5 Å². The first-order valence-corrected chi connectivity index (χ1v) is 6.88. The Balaban J connectivity index is 1.96. The van der Waals surface area contributed by atoms with Crippen molar-refractivity contribution in [3.63, 3.8) is 0 Å². The van der Waals surface area contributed by atoms with Crippen LogP contribution >= 0.6 is 11.6 Å². The van der Waals surface area contributed by atoms with Crippen molar-refractivity contribution in [2.75, 3.05) is 5.32 Å². The maximum Gasteiger partial charge on any atom is 0.342 e. The van der Waals surface area contributed by atoms with Gasteiger partial charge in [-0.15, -0.1) is 5.10 Å². The highest BCUT2D eigenvalue weighted by Gasteiger charge is 2.14. The van der Waals surface area contributed by atoms with E-state index in [0.717, 1.165) is 0 Å². The third kappa shape index (κ3) is 4.51. The minimum atomic E-state index is -0.808. The van der Waals surface area contributed by atoms with Gasteiger partial charge in [-0.2, -0.15) is 5.10 Å².